The molecule has 2 amide bonds. The summed E-state index contributed by atoms with van der Waals surface area (Å²) in [5.74, 6) is -0.124. The Morgan fingerprint density at radius 2 is 1.80 bits per heavy atom. The zero-order valence-corrected chi connectivity index (χ0v) is 32.0. The van der Waals surface area contributed by atoms with Crippen molar-refractivity contribution in [3.05, 3.63) is 83.6 Å². The van der Waals surface area contributed by atoms with E-state index in [4.69, 9.17) is 25.8 Å². The van der Waals surface area contributed by atoms with Gasteiger partial charge in [0.25, 0.3) is 0 Å². The summed E-state index contributed by atoms with van der Waals surface area (Å²) in [7, 11) is 5.01. The maximum absolute atomic E-state index is 12.5. The third-order valence-electron chi connectivity index (χ3n) is 7.34. The van der Waals surface area contributed by atoms with E-state index in [2.05, 4.69) is 53.2 Å². The van der Waals surface area contributed by atoms with Gasteiger partial charge in [-0.15, -0.1) is 6.58 Å². The number of carbonyl (C=O) groups excluding carboxylic acids is 2. The van der Waals surface area contributed by atoms with Gasteiger partial charge in [-0.25, -0.2) is 9.78 Å². The van der Waals surface area contributed by atoms with Gasteiger partial charge in [-0.2, -0.15) is 0 Å². The first kappa shape index (κ1) is 45.4. The van der Waals surface area contributed by atoms with Crippen LogP contribution in [0.5, 0.6) is 0 Å². The largest absolute Gasteiger partial charge is 0.444 e. The highest BCUT2D eigenvalue weighted by Crippen LogP contribution is 2.33. The molecular formula is C37H61ClN6O5. The zero-order chi connectivity index (χ0) is 37.4. The minimum absolute atomic E-state index is 0.0508. The van der Waals surface area contributed by atoms with Crippen molar-refractivity contribution in [1.82, 2.24) is 24.7 Å². The quantitative estimate of drug-likeness (QED) is 0.216. The Labute approximate surface area is 300 Å². The van der Waals surface area contributed by atoms with Gasteiger partial charge in [-0.1, -0.05) is 62.7 Å². The standard InChI is InChI=1S/C24H35ClN2O3.C9H15N3O2.C2H5N.C2H6/c1-6-8-19-16-20(25)9-10-22(19)23(15-18(3)4)26-11-13-27(14-12-26)24(28)30-21(7-2)17-29-5;1-7(11-9(13)5-14-3)8-4-10-6-12(8)2;1-2-3;1-2/h6,8-10,16,21,23H,3,7,11-15,17H2,1-2,4-5H3;4,6-7H,5H2,1-3H3,(H,11,13);2H,1,3H2;1-2H3/b8-6-;;;/t21-,23-;7-;;/m11../s1. The van der Waals surface area contributed by atoms with Crippen LogP contribution in [0.1, 0.15) is 83.3 Å². The molecule has 3 N–H and O–H groups in total. The third kappa shape index (κ3) is 17.0. The molecule has 1 aromatic heterocycles. The number of imidazole rings is 1. The van der Waals surface area contributed by atoms with E-state index in [1.54, 1.807) is 24.5 Å². The van der Waals surface area contributed by atoms with Crippen LogP contribution in [0.4, 0.5) is 4.79 Å². The van der Waals surface area contributed by atoms with Gasteiger partial charge in [0.15, 0.2) is 0 Å². The lowest BCUT2D eigenvalue weighted by Crippen LogP contribution is -2.50. The first-order chi connectivity index (χ1) is 23.4. The average Bonchev–Trinajstić information content (AvgIpc) is 3.51. The Bertz CT molecular complexity index is 1280. The van der Waals surface area contributed by atoms with Gasteiger partial charge in [-0.05, 0) is 63.1 Å². The lowest BCUT2D eigenvalue weighted by molar-refractivity contribution is -0.125. The summed E-state index contributed by atoms with van der Waals surface area (Å²) in [4.78, 5) is 31.9. The second kappa shape index (κ2) is 26.3. The molecule has 0 aliphatic carbocycles. The number of nitrogens with zero attached hydrogens (tertiary/aromatic N) is 4. The Morgan fingerprint density at radius 3 is 2.29 bits per heavy atom. The summed E-state index contributed by atoms with van der Waals surface area (Å²) >= 11 is 6.25. The smallest absolute Gasteiger partial charge is 0.410 e. The Balaban J connectivity index is 0.00000101. The van der Waals surface area contributed by atoms with Crippen molar-refractivity contribution in [2.45, 2.75) is 72.6 Å². The SMILES string of the molecule is C=C(C)C[C@H](c1ccc(Cl)cc1/C=C\C)N1CCN(C(=O)O[C@H](CC)COC)CC1.C=CN.CC.COCC(=O)N[C@H](C)c1cncn1C. The number of nitrogens with one attached hydrogen (secondary N) is 1. The van der Waals surface area contributed by atoms with Crippen molar-refractivity contribution < 1.29 is 23.8 Å². The van der Waals surface area contributed by atoms with Crippen molar-refractivity contribution in [3.63, 3.8) is 0 Å². The van der Waals surface area contributed by atoms with Gasteiger partial charge >= 0.3 is 6.09 Å². The molecule has 0 bridgehead atoms. The Kier molecular flexibility index (Phi) is 24.3. The number of methoxy groups -OCH3 is 2. The van der Waals surface area contributed by atoms with Crippen LogP contribution in [0, 0.1) is 0 Å². The molecule has 1 aliphatic rings. The van der Waals surface area contributed by atoms with Gasteiger partial charge in [0.1, 0.15) is 12.7 Å². The molecule has 0 spiro atoms. The number of halogens is 1. The predicted molar refractivity (Wildman–Crippen MR) is 201 cm³/mol. The van der Waals surface area contributed by atoms with Crippen LogP contribution in [0.25, 0.3) is 6.08 Å². The number of nitrogens with two attached hydrogens (primary N) is 1. The van der Waals surface area contributed by atoms with Crippen LogP contribution in [-0.4, -0.2) is 91.1 Å². The van der Waals surface area contributed by atoms with Crippen LogP contribution in [0.3, 0.4) is 0 Å². The normalized spacial score (nSPS) is 14.4. The van der Waals surface area contributed by atoms with Gasteiger partial charge in [0, 0.05) is 58.5 Å². The summed E-state index contributed by atoms with van der Waals surface area (Å²) < 4.78 is 17.3. The number of amides is 2. The van der Waals surface area contributed by atoms with Gasteiger partial charge in [0.2, 0.25) is 5.91 Å². The van der Waals surface area contributed by atoms with E-state index in [-0.39, 0.29) is 36.8 Å². The number of piperazine rings is 1. The van der Waals surface area contributed by atoms with E-state index in [0.29, 0.717) is 19.7 Å². The molecule has 0 saturated carbocycles. The molecule has 2 aromatic rings. The number of hydrogen-bond donors (Lipinski definition) is 2. The summed E-state index contributed by atoms with van der Waals surface area (Å²) in [6.45, 7) is 22.6. The van der Waals surface area contributed by atoms with Gasteiger partial charge in [-0.3, -0.25) is 9.69 Å². The first-order valence-electron chi connectivity index (χ1n) is 16.8. The summed E-state index contributed by atoms with van der Waals surface area (Å²) in [6.07, 6.45) is 9.97. The fourth-order valence-electron chi connectivity index (χ4n) is 5.07. The highest BCUT2D eigenvalue weighted by molar-refractivity contribution is 6.30. The van der Waals surface area contributed by atoms with Crippen LogP contribution in [-0.2, 0) is 26.1 Å². The molecule has 1 fully saturated rings. The van der Waals surface area contributed by atoms with E-state index < -0.39 is 0 Å². The monoisotopic (exact) mass is 704 g/mol. The van der Waals surface area contributed by atoms with Gasteiger partial charge in [0.05, 0.1) is 30.9 Å². The van der Waals surface area contributed by atoms with Crippen LogP contribution < -0.4 is 11.1 Å². The molecule has 12 heteroatoms. The number of allylic oxidation sites excluding steroid dienone is 1. The number of ether oxygens (including phenoxy) is 3. The first-order valence-corrected chi connectivity index (χ1v) is 17.2. The number of rotatable bonds is 13. The summed E-state index contributed by atoms with van der Waals surface area (Å²) in [6, 6.07) is 6.22. The van der Waals surface area contributed by atoms with E-state index in [9.17, 15) is 9.59 Å². The van der Waals surface area contributed by atoms with E-state index in [1.165, 1.54) is 18.9 Å². The van der Waals surface area contributed by atoms with Crippen molar-refractivity contribution in [1.29, 1.82) is 0 Å². The van der Waals surface area contributed by atoms with Gasteiger partial charge < -0.3 is 34.7 Å². The number of hydrogen-bond acceptors (Lipinski definition) is 8. The fourth-order valence-corrected chi connectivity index (χ4v) is 5.25. The molecular weight excluding hydrogens is 644 g/mol. The number of aromatic nitrogens is 2. The van der Waals surface area contributed by atoms with Crippen molar-refractivity contribution in [2.24, 2.45) is 12.8 Å². The zero-order valence-electron chi connectivity index (χ0n) is 31.2. The molecule has 3 atom stereocenters. The van der Waals surface area contributed by atoms with Crippen LogP contribution >= 0.6 is 11.6 Å². The maximum atomic E-state index is 12.5. The minimum atomic E-state index is -0.254. The number of carbonyl (C=O) groups is 2. The van der Waals surface area contributed by atoms with E-state index in [1.807, 2.05) is 64.4 Å². The predicted octanol–water partition coefficient (Wildman–Crippen LogP) is 6.92. The Hall–Kier alpha value is -3.64. The lowest BCUT2D eigenvalue weighted by atomic mass is 9.93. The van der Waals surface area contributed by atoms with E-state index >= 15 is 0 Å². The molecule has 0 radical (unpaired) electrons. The molecule has 2 heterocycles. The molecule has 1 aromatic carbocycles. The minimum Gasteiger partial charge on any atom is -0.444 e. The molecule has 3 rings (SSSR count). The topological polar surface area (TPSA) is 124 Å². The number of benzene rings is 1. The van der Waals surface area contributed by atoms with Crippen LogP contribution in [0.15, 0.2) is 61.7 Å². The highest BCUT2D eigenvalue weighted by atomic mass is 35.5. The maximum Gasteiger partial charge on any atom is 0.410 e. The molecule has 49 heavy (non-hydrogen) atoms. The summed E-state index contributed by atoms with van der Waals surface area (Å²) in [5, 5.41) is 3.53. The molecule has 11 nitrogen and oxygen atoms in total. The highest BCUT2D eigenvalue weighted by Gasteiger charge is 2.29. The molecule has 1 aliphatic heterocycles. The second-order valence-electron chi connectivity index (χ2n) is 11.2. The van der Waals surface area contributed by atoms with Crippen LogP contribution in [0.2, 0.25) is 5.02 Å². The second-order valence-corrected chi connectivity index (χ2v) is 11.7. The molecule has 1 saturated heterocycles. The van der Waals surface area contributed by atoms with E-state index in [0.717, 1.165) is 47.8 Å². The molecule has 0 unspecified atom stereocenters. The van der Waals surface area contributed by atoms with Crippen molar-refractivity contribution in [2.75, 3.05) is 53.6 Å². The number of aryl methyl sites for hydroxylation is 1. The Morgan fingerprint density at radius 1 is 1.16 bits per heavy atom. The van der Waals surface area contributed by atoms with Crippen molar-refractivity contribution >= 4 is 29.7 Å². The fraction of sp³-hybridized carbons (Fsp3) is 0.541. The lowest BCUT2D eigenvalue weighted by Gasteiger charge is -2.40. The molecule has 276 valence electrons. The average molecular weight is 705 g/mol. The van der Waals surface area contributed by atoms with Crippen molar-refractivity contribution in [3.8, 4) is 0 Å². The third-order valence-corrected chi connectivity index (χ3v) is 7.57. The summed E-state index contributed by atoms with van der Waals surface area (Å²) in [5.41, 5.74) is 9.08.